The first-order chi connectivity index (χ1) is 11.3. The van der Waals surface area contributed by atoms with Gasteiger partial charge in [-0.05, 0) is 25.8 Å². The van der Waals surface area contributed by atoms with E-state index in [2.05, 4.69) is 25.2 Å². The van der Waals surface area contributed by atoms with Gasteiger partial charge in [-0.15, -0.1) is 11.3 Å². The maximum Gasteiger partial charge on any atom is 0.225 e. The Morgan fingerprint density at radius 1 is 1.39 bits per heavy atom. The van der Waals surface area contributed by atoms with Crippen molar-refractivity contribution in [3.63, 3.8) is 0 Å². The molecule has 7 heteroatoms. The number of ether oxygens (including phenoxy) is 2. The highest BCUT2D eigenvalue weighted by Crippen LogP contribution is 2.33. The predicted octanol–water partition coefficient (Wildman–Crippen LogP) is 2.19. The number of anilines is 1. The highest BCUT2D eigenvalue weighted by atomic mass is 32.1. The van der Waals surface area contributed by atoms with E-state index < -0.39 is 0 Å². The molecule has 2 fully saturated rings. The van der Waals surface area contributed by atoms with Crippen molar-refractivity contribution in [2.75, 3.05) is 18.1 Å². The van der Waals surface area contributed by atoms with Gasteiger partial charge in [0.05, 0.1) is 29.9 Å². The monoisotopic (exact) mass is 332 g/mol. The topological polar surface area (TPSA) is 60.4 Å². The zero-order valence-electron chi connectivity index (χ0n) is 13.1. The van der Waals surface area contributed by atoms with Gasteiger partial charge in [0.25, 0.3) is 0 Å². The first-order valence-electron chi connectivity index (χ1n) is 7.99. The number of fused-ring (bicyclic) bond motifs is 1. The van der Waals surface area contributed by atoms with Crippen molar-refractivity contribution in [1.29, 1.82) is 0 Å². The van der Waals surface area contributed by atoms with E-state index in [9.17, 15) is 0 Å². The fourth-order valence-electron chi connectivity index (χ4n) is 3.39. The minimum atomic E-state index is 0.0334. The number of hydrogen-bond acceptors (Lipinski definition) is 7. The van der Waals surface area contributed by atoms with Crippen molar-refractivity contribution >= 4 is 17.3 Å². The summed E-state index contributed by atoms with van der Waals surface area (Å²) in [5.41, 5.74) is 0.995. The van der Waals surface area contributed by atoms with Gasteiger partial charge in [-0.1, -0.05) is 0 Å². The predicted molar refractivity (Wildman–Crippen MR) is 87.6 cm³/mol. The largest absolute Gasteiger partial charge is 0.373 e. The Balaban J connectivity index is 1.49. The zero-order chi connectivity index (χ0) is 15.6. The highest BCUT2D eigenvalue weighted by molar-refractivity contribution is 7.09. The Bertz CT molecular complexity index is 651. The highest BCUT2D eigenvalue weighted by Gasteiger charge is 2.45. The van der Waals surface area contributed by atoms with Crippen molar-refractivity contribution in [1.82, 2.24) is 15.0 Å². The fraction of sp³-hybridized carbons (Fsp3) is 0.562. The van der Waals surface area contributed by atoms with Gasteiger partial charge in [0.15, 0.2) is 0 Å². The van der Waals surface area contributed by atoms with E-state index in [-0.39, 0.29) is 12.2 Å². The van der Waals surface area contributed by atoms with E-state index >= 15 is 0 Å². The lowest BCUT2D eigenvalue weighted by Crippen LogP contribution is -2.42. The Morgan fingerprint density at radius 2 is 2.26 bits per heavy atom. The number of hydrogen-bond donors (Lipinski definition) is 0. The van der Waals surface area contributed by atoms with Crippen LogP contribution in [0.3, 0.4) is 0 Å². The van der Waals surface area contributed by atoms with Gasteiger partial charge >= 0.3 is 0 Å². The molecule has 2 aromatic rings. The van der Waals surface area contributed by atoms with Crippen LogP contribution in [-0.2, 0) is 16.1 Å². The van der Waals surface area contributed by atoms with Gasteiger partial charge in [0.1, 0.15) is 12.2 Å². The van der Waals surface area contributed by atoms with Crippen molar-refractivity contribution in [2.45, 2.75) is 44.6 Å². The summed E-state index contributed by atoms with van der Waals surface area (Å²) in [5.74, 6) is 0.767. The molecule has 23 heavy (non-hydrogen) atoms. The molecule has 2 aromatic heterocycles. The van der Waals surface area contributed by atoms with Crippen LogP contribution in [-0.4, -0.2) is 46.4 Å². The van der Waals surface area contributed by atoms with E-state index in [1.54, 1.807) is 23.7 Å². The Morgan fingerprint density at radius 3 is 3.04 bits per heavy atom. The van der Waals surface area contributed by atoms with E-state index in [1.807, 2.05) is 13.0 Å². The van der Waals surface area contributed by atoms with Crippen molar-refractivity contribution < 1.29 is 9.47 Å². The van der Waals surface area contributed by atoms with Gasteiger partial charge < -0.3 is 14.4 Å². The molecule has 2 aliphatic rings. The van der Waals surface area contributed by atoms with Gasteiger partial charge in [0.2, 0.25) is 5.95 Å². The number of nitrogens with zero attached hydrogens (tertiary/aromatic N) is 4. The minimum absolute atomic E-state index is 0.0334. The first kappa shape index (κ1) is 15.0. The number of aromatic nitrogens is 3. The SMILES string of the molecule is Cc1nc(CO[C@@H]2CN(c3ncccn3)[C@@H]3CCCO[C@@H]32)cs1. The summed E-state index contributed by atoms with van der Waals surface area (Å²) >= 11 is 1.65. The maximum atomic E-state index is 6.15. The van der Waals surface area contributed by atoms with Crippen molar-refractivity contribution in [3.8, 4) is 0 Å². The van der Waals surface area contributed by atoms with Crippen LogP contribution < -0.4 is 4.90 Å². The third kappa shape index (κ3) is 3.08. The normalized spacial score (nSPS) is 27.2. The van der Waals surface area contributed by atoms with E-state index in [0.717, 1.165) is 42.6 Å². The molecule has 0 spiro atoms. The van der Waals surface area contributed by atoms with Crippen LogP contribution in [0.15, 0.2) is 23.8 Å². The third-order valence-corrected chi connectivity index (χ3v) is 5.22. The van der Waals surface area contributed by atoms with E-state index in [0.29, 0.717) is 12.6 Å². The summed E-state index contributed by atoms with van der Waals surface area (Å²) in [6.45, 7) is 4.12. The molecular formula is C16H20N4O2S. The summed E-state index contributed by atoms with van der Waals surface area (Å²) < 4.78 is 12.2. The molecule has 0 aromatic carbocycles. The summed E-state index contributed by atoms with van der Waals surface area (Å²) in [4.78, 5) is 15.5. The molecule has 0 radical (unpaired) electrons. The smallest absolute Gasteiger partial charge is 0.225 e. The second-order valence-electron chi connectivity index (χ2n) is 5.95. The quantitative estimate of drug-likeness (QED) is 0.855. The van der Waals surface area contributed by atoms with Crippen LogP contribution in [0.4, 0.5) is 5.95 Å². The molecule has 4 rings (SSSR count). The molecule has 2 saturated heterocycles. The molecular weight excluding hydrogens is 312 g/mol. The summed E-state index contributed by atoms with van der Waals surface area (Å²) in [6.07, 6.45) is 5.86. The lowest BCUT2D eigenvalue weighted by molar-refractivity contribution is -0.0789. The van der Waals surface area contributed by atoms with Crippen LogP contribution in [0.25, 0.3) is 0 Å². The lowest BCUT2D eigenvalue weighted by atomic mass is 10.0. The average Bonchev–Trinajstić information content (AvgIpc) is 3.17. The van der Waals surface area contributed by atoms with Gasteiger partial charge in [-0.3, -0.25) is 0 Å². The molecule has 122 valence electrons. The first-order valence-corrected chi connectivity index (χ1v) is 8.87. The molecule has 0 unspecified atom stereocenters. The summed E-state index contributed by atoms with van der Waals surface area (Å²) in [6, 6.07) is 2.14. The van der Waals surface area contributed by atoms with Crippen LogP contribution >= 0.6 is 11.3 Å². The lowest BCUT2D eigenvalue weighted by Gasteiger charge is -2.32. The summed E-state index contributed by atoms with van der Waals surface area (Å²) in [7, 11) is 0. The number of rotatable bonds is 4. The van der Waals surface area contributed by atoms with Crippen molar-refractivity contribution in [2.24, 2.45) is 0 Å². The van der Waals surface area contributed by atoms with Crippen LogP contribution in [0, 0.1) is 6.92 Å². The fourth-order valence-corrected chi connectivity index (χ4v) is 3.99. The Hall–Kier alpha value is -1.57. The molecule has 0 aliphatic carbocycles. The second-order valence-corrected chi connectivity index (χ2v) is 7.02. The maximum absolute atomic E-state index is 6.15. The molecule has 0 N–H and O–H groups in total. The van der Waals surface area contributed by atoms with E-state index in [4.69, 9.17) is 9.47 Å². The second kappa shape index (κ2) is 6.51. The van der Waals surface area contributed by atoms with Crippen molar-refractivity contribution in [3.05, 3.63) is 34.5 Å². The standard InChI is InChI=1S/C16H20N4O2S/c1-11-19-12(10-23-11)9-22-14-8-20(16-17-5-3-6-18-16)13-4-2-7-21-15(13)14/h3,5-6,10,13-15H,2,4,7-9H2,1H3/t13-,14-,15+/m1/s1. The molecule has 6 nitrogen and oxygen atoms in total. The average molecular weight is 332 g/mol. The van der Waals surface area contributed by atoms with E-state index in [1.165, 1.54) is 0 Å². The molecule has 4 heterocycles. The molecule has 3 atom stereocenters. The van der Waals surface area contributed by atoms with Crippen LogP contribution in [0.1, 0.15) is 23.5 Å². The Kier molecular flexibility index (Phi) is 4.24. The van der Waals surface area contributed by atoms with Crippen LogP contribution in [0.2, 0.25) is 0 Å². The zero-order valence-corrected chi connectivity index (χ0v) is 13.9. The minimum Gasteiger partial charge on any atom is -0.373 e. The number of aryl methyl sites for hydroxylation is 1. The molecule has 0 bridgehead atoms. The number of thiazole rings is 1. The van der Waals surface area contributed by atoms with Gasteiger partial charge in [0, 0.05) is 24.4 Å². The molecule has 2 aliphatic heterocycles. The third-order valence-electron chi connectivity index (χ3n) is 4.40. The van der Waals surface area contributed by atoms with Crippen LogP contribution in [0.5, 0.6) is 0 Å². The summed E-state index contributed by atoms with van der Waals surface area (Å²) in [5, 5.41) is 3.13. The molecule has 0 saturated carbocycles. The van der Waals surface area contributed by atoms with Gasteiger partial charge in [-0.25, -0.2) is 15.0 Å². The molecule has 0 amide bonds. The Labute approximate surface area is 139 Å². The van der Waals surface area contributed by atoms with Gasteiger partial charge in [-0.2, -0.15) is 0 Å².